The van der Waals surface area contributed by atoms with Crippen molar-refractivity contribution in [2.45, 2.75) is 40.2 Å². The van der Waals surface area contributed by atoms with E-state index in [-0.39, 0.29) is 12.1 Å². The van der Waals surface area contributed by atoms with Crippen molar-refractivity contribution in [2.24, 2.45) is 5.41 Å². The van der Waals surface area contributed by atoms with E-state index in [1.165, 1.54) is 0 Å². The molecule has 0 unspecified atom stereocenters. The Kier molecular flexibility index (Phi) is 4.44. The fraction of sp³-hybridized carbons (Fsp3) is 0.529. The van der Waals surface area contributed by atoms with Gasteiger partial charge in [-0.25, -0.2) is 4.79 Å². The highest BCUT2D eigenvalue weighted by atomic mass is 16.4. The number of carboxylic acid groups (broad SMARTS) is 1. The lowest BCUT2D eigenvalue weighted by Gasteiger charge is -2.22. The topological polar surface area (TPSA) is 60.9 Å². The number of rotatable bonds is 5. The highest BCUT2D eigenvalue weighted by molar-refractivity contribution is 5.94. The van der Waals surface area contributed by atoms with E-state index >= 15 is 0 Å². The van der Waals surface area contributed by atoms with Crippen LogP contribution < -0.4 is 4.90 Å². The summed E-state index contributed by atoms with van der Waals surface area (Å²) in [5.41, 5.74) is 1.04. The SMILES string of the molecule is CC(C)N1CCN(c2ccc(CC(C)(C)C(=O)O)cc2)C1=O. The molecule has 0 atom stereocenters. The normalized spacial score (nSPS) is 15.8. The molecule has 0 bridgehead atoms. The summed E-state index contributed by atoms with van der Waals surface area (Å²) < 4.78 is 0. The smallest absolute Gasteiger partial charge is 0.324 e. The molecular weight excluding hydrogens is 280 g/mol. The van der Waals surface area contributed by atoms with Crippen LogP contribution in [0.1, 0.15) is 33.3 Å². The zero-order valence-corrected chi connectivity index (χ0v) is 13.7. The number of benzene rings is 1. The molecule has 0 spiro atoms. The highest BCUT2D eigenvalue weighted by Gasteiger charge is 2.31. The summed E-state index contributed by atoms with van der Waals surface area (Å²) in [6.07, 6.45) is 0.467. The lowest BCUT2D eigenvalue weighted by molar-refractivity contribution is -0.146. The van der Waals surface area contributed by atoms with Crippen molar-refractivity contribution in [3.05, 3.63) is 29.8 Å². The van der Waals surface area contributed by atoms with Gasteiger partial charge in [0.25, 0.3) is 0 Å². The quantitative estimate of drug-likeness (QED) is 0.909. The van der Waals surface area contributed by atoms with Crippen molar-refractivity contribution in [3.63, 3.8) is 0 Å². The van der Waals surface area contributed by atoms with Crippen molar-refractivity contribution in [2.75, 3.05) is 18.0 Å². The van der Waals surface area contributed by atoms with Crippen LogP contribution in [0.15, 0.2) is 24.3 Å². The average molecular weight is 304 g/mol. The van der Waals surface area contributed by atoms with E-state index in [0.717, 1.165) is 17.8 Å². The minimum atomic E-state index is -0.807. The van der Waals surface area contributed by atoms with E-state index in [0.29, 0.717) is 13.0 Å². The standard InChI is InChI=1S/C17H24N2O3/c1-12(2)18-9-10-19(16(18)22)14-7-5-13(6-8-14)11-17(3,4)15(20)21/h5-8,12H,9-11H2,1-4H3,(H,20,21). The van der Waals surface area contributed by atoms with Crippen LogP contribution in [-0.2, 0) is 11.2 Å². The van der Waals surface area contributed by atoms with Crippen LogP contribution in [0.3, 0.4) is 0 Å². The summed E-state index contributed by atoms with van der Waals surface area (Å²) >= 11 is 0. The highest BCUT2D eigenvalue weighted by Crippen LogP contribution is 2.26. The van der Waals surface area contributed by atoms with Gasteiger partial charge in [-0.1, -0.05) is 12.1 Å². The summed E-state index contributed by atoms with van der Waals surface area (Å²) in [6.45, 7) is 8.89. The maximum atomic E-state index is 12.3. The molecule has 2 rings (SSSR count). The van der Waals surface area contributed by atoms with Gasteiger partial charge in [0.2, 0.25) is 0 Å². The number of anilines is 1. The molecule has 5 heteroatoms. The number of hydrogen-bond donors (Lipinski definition) is 1. The number of carbonyl (C=O) groups excluding carboxylic acids is 1. The second-order valence-electron chi connectivity index (χ2n) is 6.75. The molecule has 1 aromatic carbocycles. The molecule has 1 N–H and O–H groups in total. The van der Waals surface area contributed by atoms with Gasteiger partial charge < -0.3 is 10.0 Å². The van der Waals surface area contributed by atoms with Crippen molar-refractivity contribution in [3.8, 4) is 0 Å². The number of hydrogen-bond acceptors (Lipinski definition) is 2. The van der Waals surface area contributed by atoms with Gasteiger partial charge >= 0.3 is 12.0 Å². The van der Waals surface area contributed by atoms with Gasteiger partial charge in [0.1, 0.15) is 0 Å². The molecule has 0 aromatic heterocycles. The van der Waals surface area contributed by atoms with Gasteiger partial charge in [0.15, 0.2) is 0 Å². The predicted octanol–water partition coefficient (Wildman–Crippen LogP) is 2.99. The van der Waals surface area contributed by atoms with Crippen LogP contribution in [-0.4, -0.2) is 41.1 Å². The Labute approximate surface area is 131 Å². The lowest BCUT2D eigenvalue weighted by atomic mass is 9.86. The maximum absolute atomic E-state index is 12.3. The summed E-state index contributed by atoms with van der Waals surface area (Å²) in [5.74, 6) is -0.807. The van der Waals surface area contributed by atoms with Gasteiger partial charge in [0.05, 0.1) is 5.41 Å². The number of aliphatic carboxylic acids is 1. The van der Waals surface area contributed by atoms with E-state index in [1.807, 2.05) is 43.0 Å². The third-order valence-corrected chi connectivity index (χ3v) is 4.14. The first-order valence-corrected chi connectivity index (χ1v) is 7.63. The summed E-state index contributed by atoms with van der Waals surface area (Å²) in [5, 5.41) is 9.19. The zero-order valence-electron chi connectivity index (χ0n) is 13.7. The van der Waals surface area contributed by atoms with Crippen LogP contribution >= 0.6 is 0 Å². The fourth-order valence-corrected chi connectivity index (χ4v) is 2.65. The Balaban J connectivity index is 2.10. The third-order valence-electron chi connectivity index (χ3n) is 4.14. The minimum Gasteiger partial charge on any atom is -0.481 e. The average Bonchev–Trinajstić information content (AvgIpc) is 2.81. The molecule has 1 heterocycles. The molecule has 1 fully saturated rings. The van der Waals surface area contributed by atoms with Crippen LogP contribution in [0, 0.1) is 5.41 Å². The largest absolute Gasteiger partial charge is 0.481 e. The second-order valence-corrected chi connectivity index (χ2v) is 6.75. The Morgan fingerprint density at radius 2 is 1.82 bits per heavy atom. The Hall–Kier alpha value is -2.04. The van der Waals surface area contributed by atoms with Crippen molar-refractivity contribution >= 4 is 17.7 Å². The Bertz CT molecular complexity index is 564. The molecule has 1 aliphatic heterocycles. The van der Waals surface area contributed by atoms with Gasteiger partial charge in [-0.05, 0) is 51.8 Å². The molecule has 1 saturated heterocycles. The molecule has 120 valence electrons. The Morgan fingerprint density at radius 3 is 2.27 bits per heavy atom. The van der Waals surface area contributed by atoms with Gasteiger partial charge in [-0.3, -0.25) is 9.69 Å². The lowest BCUT2D eigenvalue weighted by Crippen LogP contribution is -2.36. The molecule has 0 saturated carbocycles. The summed E-state index contributed by atoms with van der Waals surface area (Å²) in [4.78, 5) is 27.1. The summed E-state index contributed by atoms with van der Waals surface area (Å²) in [6, 6.07) is 7.85. The molecular formula is C17H24N2O3. The van der Waals surface area contributed by atoms with Crippen LogP contribution in [0.5, 0.6) is 0 Å². The molecule has 22 heavy (non-hydrogen) atoms. The van der Waals surface area contributed by atoms with E-state index in [9.17, 15) is 14.7 Å². The third kappa shape index (κ3) is 3.24. The van der Waals surface area contributed by atoms with Crippen LogP contribution in [0.4, 0.5) is 10.5 Å². The first kappa shape index (κ1) is 16.3. The van der Waals surface area contributed by atoms with E-state index in [2.05, 4.69) is 0 Å². The molecule has 0 aliphatic carbocycles. The van der Waals surface area contributed by atoms with Gasteiger partial charge in [-0.15, -0.1) is 0 Å². The van der Waals surface area contributed by atoms with Gasteiger partial charge in [0, 0.05) is 24.8 Å². The molecule has 0 radical (unpaired) electrons. The van der Waals surface area contributed by atoms with Crippen molar-refractivity contribution in [1.82, 2.24) is 4.90 Å². The molecule has 1 aromatic rings. The molecule has 5 nitrogen and oxygen atoms in total. The monoisotopic (exact) mass is 304 g/mol. The second kappa shape index (κ2) is 5.99. The number of carboxylic acids is 1. The number of nitrogens with zero attached hydrogens (tertiary/aromatic N) is 2. The van der Waals surface area contributed by atoms with Crippen molar-refractivity contribution in [1.29, 1.82) is 0 Å². The zero-order chi connectivity index (χ0) is 16.5. The van der Waals surface area contributed by atoms with Crippen LogP contribution in [0.25, 0.3) is 0 Å². The van der Waals surface area contributed by atoms with E-state index in [4.69, 9.17) is 0 Å². The minimum absolute atomic E-state index is 0.0358. The van der Waals surface area contributed by atoms with Crippen molar-refractivity contribution < 1.29 is 14.7 Å². The molecule has 2 amide bonds. The first-order valence-electron chi connectivity index (χ1n) is 7.63. The maximum Gasteiger partial charge on any atom is 0.324 e. The predicted molar refractivity (Wildman–Crippen MR) is 86.1 cm³/mol. The van der Waals surface area contributed by atoms with E-state index < -0.39 is 11.4 Å². The summed E-state index contributed by atoms with van der Waals surface area (Å²) in [7, 11) is 0. The van der Waals surface area contributed by atoms with Gasteiger partial charge in [-0.2, -0.15) is 0 Å². The fourth-order valence-electron chi connectivity index (χ4n) is 2.65. The van der Waals surface area contributed by atoms with Crippen LogP contribution in [0.2, 0.25) is 0 Å². The Morgan fingerprint density at radius 1 is 1.23 bits per heavy atom. The number of carbonyl (C=O) groups is 2. The number of amides is 2. The van der Waals surface area contributed by atoms with E-state index in [1.54, 1.807) is 18.7 Å². The number of urea groups is 1. The first-order chi connectivity index (χ1) is 10.2. The molecule has 1 aliphatic rings.